The lowest BCUT2D eigenvalue weighted by Gasteiger charge is -2.23. The molecule has 47 heavy (non-hydrogen) atoms. The molecule has 5 heteroatoms. The highest BCUT2D eigenvalue weighted by molar-refractivity contribution is 6.10. The Hall–Kier alpha value is -4.90. The van der Waals surface area contributed by atoms with Gasteiger partial charge in [0.1, 0.15) is 28.5 Å². The summed E-state index contributed by atoms with van der Waals surface area (Å²) in [5, 5.41) is 2.40. The van der Waals surface area contributed by atoms with Crippen LogP contribution >= 0.6 is 0 Å². The largest absolute Gasteiger partial charge is 0.457 e. The minimum Gasteiger partial charge on any atom is -0.457 e. The summed E-state index contributed by atoms with van der Waals surface area (Å²) >= 11 is 0. The molecule has 0 spiro atoms. The molecule has 238 valence electrons. The van der Waals surface area contributed by atoms with Gasteiger partial charge in [0.05, 0.1) is 11.0 Å². The van der Waals surface area contributed by atoms with E-state index in [0.717, 1.165) is 34.0 Å². The van der Waals surface area contributed by atoms with Crippen LogP contribution in [0.4, 0.5) is 0 Å². The van der Waals surface area contributed by atoms with Crippen LogP contribution in [0.3, 0.4) is 0 Å². The van der Waals surface area contributed by atoms with Crippen LogP contribution in [0, 0.1) is 0 Å². The quantitative estimate of drug-likeness (QED) is 0.183. The van der Waals surface area contributed by atoms with Gasteiger partial charge in [0.25, 0.3) is 0 Å². The molecule has 0 saturated heterocycles. The molecule has 0 aliphatic rings. The van der Waals surface area contributed by atoms with Crippen LogP contribution in [0.2, 0.25) is 0 Å². The van der Waals surface area contributed by atoms with E-state index in [1.165, 1.54) is 32.9 Å². The van der Waals surface area contributed by atoms with E-state index < -0.39 is 0 Å². The van der Waals surface area contributed by atoms with Crippen LogP contribution in [0.5, 0.6) is 11.5 Å². The number of pyridine rings is 1. The lowest BCUT2D eigenvalue weighted by atomic mass is 9.85. The average Bonchev–Trinajstić information content (AvgIpc) is 3.57. The normalized spacial score (nSPS) is 12.8. The Morgan fingerprint density at radius 3 is 2.13 bits per heavy atom. The summed E-state index contributed by atoms with van der Waals surface area (Å²) in [4.78, 5) is 4.94. The van der Waals surface area contributed by atoms with Gasteiger partial charge in [-0.1, -0.05) is 77.9 Å². The van der Waals surface area contributed by atoms with Gasteiger partial charge in [-0.15, -0.1) is 0 Å². The van der Waals surface area contributed by atoms with E-state index in [9.17, 15) is 0 Å². The van der Waals surface area contributed by atoms with E-state index >= 15 is 0 Å². The second-order valence-electron chi connectivity index (χ2n) is 15.7. The molecule has 3 aromatic heterocycles. The van der Waals surface area contributed by atoms with E-state index in [4.69, 9.17) is 9.72 Å². The lowest BCUT2D eigenvalue weighted by molar-refractivity contribution is -0.731. The van der Waals surface area contributed by atoms with Crippen LogP contribution in [-0.2, 0) is 16.4 Å². The molecule has 0 aliphatic carbocycles. The first-order chi connectivity index (χ1) is 22.2. The van der Waals surface area contributed by atoms with E-state index in [1.807, 2.05) is 12.3 Å². The number of rotatable bonds is 4. The summed E-state index contributed by atoms with van der Waals surface area (Å²) in [5.74, 6) is 2.48. The third-order valence-electron chi connectivity index (χ3n) is 9.09. The third-order valence-corrected chi connectivity index (χ3v) is 9.09. The molecular formula is C42H45N4O+. The summed E-state index contributed by atoms with van der Waals surface area (Å²) in [6.07, 6.45) is 4.13. The molecular weight excluding hydrogens is 576 g/mol. The van der Waals surface area contributed by atoms with Crippen LogP contribution < -0.4 is 9.30 Å². The zero-order valence-electron chi connectivity index (χ0n) is 29.1. The summed E-state index contributed by atoms with van der Waals surface area (Å²) in [7, 11) is 0. The molecule has 4 aromatic carbocycles. The Morgan fingerprint density at radius 2 is 1.38 bits per heavy atom. The van der Waals surface area contributed by atoms with Gasteiger partial charge < -0.3 is 4.74 Å². The zero-order chi connectivity index (χ0) is 33.3. The van der Waals surface area contributed by atoms with Gasteiger partial charge in [-0.2, -0.15) is 4.57 Å². The average molecular weight is 622 g/mol. The van der Waals surface area contributed by atoms with Crippen molar-refractivity contribution in [3.8, 4) is 23.0 Å². The van der Waals surface area contributed by atoms with Crippen molar-refractivity contribution in [2.45, 2.75) is 78.7 Å². The Morgan fingerprint density at radius 1 is 0.638 bits per heavy atom. The summed E-state index contributed by atoms with van der Waals surface area (Å²) < 4.78 is 13.6. The van der Waals surface area contributed by atoms with Crippen molar-refractivity contribution in [2.24, 2.45) is 0 Å². The molecule has 0 atom stereocenters. The SMILES string of the molecule is CC(C)(C)c1ccnc(-n2c3cc(Oc4cccc(-n5c[n+](C(C)(C)C)c6ccccc65)c4)ccc3c3cccc(C(C)(C)C)c32)c1. The molecule has 0 unspecified atom stereocenters. The van der Waals surface area contributed by atoms with Gasteiger partial charge in [0, 0.05) is 29.1 Å². The molecule has 0 N–H and O–H groups in total. The first-order valence-electron chi connectivity index (χ1n) is 16.6. The first kappa shape index (κ1) is 30.7. The van der Waals surface area contributed by atoms with Crippen molar-refractivity contribution >= 4 is 32.8 Å². The number of ether oxygens (including phenoxy) is 1. The van der Waals surface area contributed by atoms with Gasteiger partial charge in [0.2, 0.25) is 6.33 Å². The van der Waals surface area contributed by atoms with Crippen LogP contribution in [-0.4, -0.2) is 14.1 Å². The highest BCUT2D eigenvalue weighted by Gasteiger charge is 2.27. The van der Waals surface area contributed by atoms with Crippen LogP contribution in [0.15, 0.2) is 110 Å². The maximum atomic E-state index is 6.64. The molecule has 7 aromatic rings. The number of benzene rings is 4. The monoisotopic (exact) mass is 621 g/mol. The molecule has 3 heterocycles. The van der Waals surface area contributed by atoms with Gasteiger partial charge in [-0.3, -0.25) is 4.57 Å². The van der Waals surface area contributed by atoms with Crippen molar-refractivity contribution in [1.29, 1.82) is 0 Å². The molecule has 0 fully saturated rings. The Labute approximate surface area is 278 Å². The van der Waals surface area contributed by atoms with Gasteiger partial charge in [-0.05, 0) is 91.3 Å². The van der Waals surface area contributed by atoms with Crippen molar-refractivity contribution in [3.63, 3.8) is 0 Å². The summed E-state index contributed by atoms with van der Waals surface area (Å²) in [6, 6.07) is 34.4. The predicted molar refractivity (Wildman–Crippen MR) is 195 cm³/mol. The number of hydrogen-bond acceptors (Lipinski definition) is 2. The van der Waals surface area contributed by atoms with Crippen molar-refractivity contribution in [2.75, 3.05) is 0 Å². The Bertz CT molecular complexity index is 2280. The second-order valence-corrected chi connectivity index (χ2v) is 15.7. The molecule has 0 radical (unpaired) electrons. The first-order valence-corrected chi connectivity index (χ1v) is 16.6. The second kappa shape index (κ2) is 10.8. The van der Waals surface area contributed by atoms with Crippen molar-refractivity contribution in [3.05, 3.63) is 121 Å². The van der Waals surface area contributed by atoms with Crippen molar-refractivity contribution in [1.82, 2.24) is 14.1 Å². The number of imidazole rings is 1. The van der Waals surface area contributed by atoms with E-state index in [1.54, 1.807) is 0 Å². The highest BCUT2D eigenvalue weighted by Crippen LogP contribution is 2.40. The minimum atomic E-state index is -0.0547. The molecule has 0 amide bonds. The standard InChI is InChI=1S/C42H45N4O/c1-40(2,3)28-22-23-43-38(24-28)46-37-26-31(20-21-32(37)33-16-13-17-34(39(33)46)41(4,5)6)47-30-15-12-14-29(25-30)44-27-45(42(7,8)9)36-19-11-10-18-35(36)44/h10-27H,1-9H3/q+1. The summed E-state index contributed by atoms with van der Waals surface area (Å²) in [6.45, 7) is 20.3. The van der Waals surface area contributed by atoms with Gasteiger partial charge >= 0.3 is 0 Å². The zero-order valence-corrected chi connectivity index (χ0v) is 29.1. The fourth-order valence-electron chi connectivity index (χ4n) is 6.64. The number of para-hydroxylation sites is 3. The Kier molecular flexibility index (Phi) is 7.09. The van der Waals surface area contributed by atoms with Crippen LogP contribution in [0.25, 0.3) is 44.3 Å². The number of nitrogens with zero attached hydrogens (tertiary/aromatic N) is 4. The number of aromatic nitrogens is 4. The molecule has 0 saturated carbocycles. The maximum absolute atomic E-state index is 6.64. The fourth-order valence-corrected chi connectivity index (χ4v) is 6.64. The van der Waals surface area contributed by atoms with E-state index in [0.29, 0.717) is 0 Å². The molecule has 7 rings (SSSR count). The smallest absolute Gasteiger partial charge is 0.250 e. The van der Waals surface area contributed by atoms with Gasteiger partial charge in [-0.25, -0.2) is 9.55 Å². The Balaban J connectivity index is 1.37. The highest BCUT2D eigenvalue weighted by atomic mass is 16.5. The maximum Gasteiger partial charge on any atom is 0.250 e. The third kappa shape index (κ3) is 5.48. The van der Waals surface area contributed by atoms with Crippen molar-refractivity contribution < 1.29 is 9.30 Å². The topological polar surface area (TPSA) is 35.9 Å². The fraction of sp³-hybridized carbons (Fsp3) is 0.286. The minimum absolute atomic E-state index is 0.000207. The van der Waals surface area contributed by atoms with E-state index in [-0.39, 0.29) is 16.4 Å². The predicted octanol–water partition coefficient (Wildman–Crippen LogP) is 10.6. The number of fused-ring (bicyclic) bond motifs is 4. The summed E-state index contributed by atoms with van der Waals surface area (Å²) in [5.41, 5.74) is 8.10. The molecule has 5 nitrogen and oxygen atoms in total. The van der Waals surface area contributed by atoms with Gasteiger partial charge in [0.15, 0.2) is 11.0 Å². The molecule has 0 bridgehead atoms. The lowest BCUT2D eigenvalue weighted by Crippen LogP contribution is -2.49. The molecule has 0 aliphatic heterocycles. The number of hydrogen-bond donors (Lipinski definition) is 0. The van der Waals surface area contributed by atoms with E-state index in [2.05, 4.69) is 173 Å². The van der Waals surface area contributed by atoms with Crippen LogP contribution in [0.1, 0.15) is 73.4 Å².